The van der Waals surface area contributed by atoms with Gasteiger partial charge in [-0.25, -0.2) is 0 Å². The summed E-state index contributed by atoms with van der Waals surface area (Å²) < 4.78 is 10.5. The van der Waals surface area contributed by atoms with Crippen molar-refractivity contribution >= 4 is 0 Å². The van der Waals surface area contributed by atoms with Crippen molar-refractivity contribution in [3.05, 3.63) is 23.8 Å². The molecule has 1 aliphatic heterocycles. The maximum Gasteiger partial charge on any atom is 0.231 e. The molecule has 1 heterocycles. The van der Waals surface area contributed by atoms with Crippen LogP contribution in [0.4, 0.5) is 0 Å². The molecule has 1 aliphatic rings. The van der Waals surface area contributed by atoms with Gasteiger partial charge in [0.25, 0.3) is 0 Å². The molecule has 0 unspecified atom stereocenters. The van der Waals surface area contributed by atoms with E-state index < -0.39 is 6.10 Å². The van der Waals surface area contributed by atoms with Crippen LogP contribution in [0.5, 0.6) is 11.5 Å². The molecule has 0 aliphatic carbocycles. The molecule has 0 radical (unpaired) electrons. The van der Waals surface area contributed by atoms with Crippen molar-refractivity contribution in [3.8, 4) is 11.5 Å². The maximum atomic E-state index is 9.39. The Kier molecular flexibility index (Phi) is 4.41. The second kappa shape index (κ2) is 6.04. The van der Waals surface area contributed by atoms with Crippen LogP contribution in [0.15, 0.2) is 18.2 Å². The third-order valence-electron chi connectivity index (χ3n) is 3.04. The summed E-state index contributed by atoms with van der Waals surface area (Å²) in [6.07, 6.45) is 0.224. The lowest BCUT2D eigenvalue weighted by Crippen LogP contribution is -2.21. The molecule has 1 aromatic rings. The van der Waals surface area contributed by atoms with Gasteiger partial charge in [0.15, 0.2) is 11.5 Å². The number of benzene rings is 1. The zero-order valence-corrected chi connectivity index (χ0v) is 10.1. The standard InChI is InChI=1S/C13H18O5/c14-6-10(4-11(16)7-15)3-9-1-2-12-13(5-9)18-8-17-12/h1-2,5,10-11,14-16H,3-4,6-8H2/t10-,11-/m0/s1. The van der Waals surface area contributed by atoms with Gasteiger partial charge in [-0.05, 0) is 36.5 Å². The van der Waals surface area contributed by atoms with Gasteiger partial charge in [0.1, 0.15) is 0 Å². The number of aliphatic hydroxyl groups excluding tert-OH is 3. The summed E-state index contributed by atoms with van der Waals surface area (Å²) in [5, 5.41) is 27.5. The van der Waals surface area contributed by atoms with Gasteiger partial charge < -0.3 is 24.8 Å². The molecular formula is C13H18O5. The van der Waals surface area contributed by atoms with Crippen LogP contribution in [0, 0.1) is 5.92 Å². The Morgan fingerprint density at radius 2 is 1.89 bits per heavy atom. The molecule has 0 amide bonds. The van der Waals surface area contributed by atoms with E-state index in [0.29, 0.717) is 18.6 Å². The second-order valence-electron chi connectivity index (χ2n) is 4.51. The molecule has 3 N–H and O–H groups in total. The summed E-state index contributed by atoms with van der Waals surface area (Å²) in [5.41, 5.74) is 1.02. The van der Waals surface area contributed by atoms with Crippen molar-refractivity contribution in [3.63, 3.8) is 0 Å². The van der Waals surface area contributed by atoms with Crippen LogP contribution in [0.2, 0.25) is 0 Å². The summed E-state index contributed by atoms with van der Waals surface area (Å²) in [6.45, 7) is -0.0609. The lowest BCUT2D eigenvalue weighted by atomic mass is 9.94. The van der Waals surface area contributed by atoms with Gasteiger partial charge in [0.2, 0.25) is 6.79 Å². The summed E-state index contributed by atoms with van der Waals surface area (Å²) in [7, 11) is 0. The van der Waals surface area contributed by atoms with Gasteiger partial charge in [0.05, 0.1) is 12.7 Å². The summed E-state index contributed by atoms with van der Waals surface area (Å²) in [6, 6.07) is 5.65. The Morgan fingerprint density at radius 1 is 1.11 bits per heavy atom. The summed E-state index contributed by atoms with van der Waals surface area (Å²) in [5.74, 6) is 1.37. The molecule has 5 nitrogen and oxygen atoms in total. The molecule has 2 atom stereocenters. The Morgan fingerprint density at radius 3 is 2.61 bits per heavy atom. The van der Waals surface area contributed by atoms with E-state index in [1.165, 1.54) is 0 Å². The largest absolute Gasteiger partial charge is 0.454 e. The number of ether oxygens (including phenoxy) is 2. The van der Waals surface area contributed by atoms with Crippen molar-refractivity contribution in [2.24, 2.45) is 5.92 Å². The summed E-state index contributed by atoms with van der Waals surface area (Å²) in [4.78, 5) is 0. The van der Waals surface area contributed by atoms with Crippen LogP contribution >= 0.6 is 0 Å². The predicted octanol–water partition coefficient (Wildman–Crippen LogP) is 0.310. The topological polar surface area (TPSA) is 79.2 Å². The molecule has 0 aromatic heterocycles. The first-order valence-electron chi connectivity index (χ1n) is 6.01. The van der Waals surface area contributed by atoms with Crippen LogP contribution < -0.4 is 9.47 Å². The fourth-order valence-electron chi connectivity index (χ4n) is 2.08. The first kappa shape index (κ1) is 13.1. The van der Waals surface area contributed by atoms with Crippen molar-refractivity contribution in [2.75, 3.05) is 20.0 Å². The minimum absolute atomic E-state index is 0.0223. The van der Waals surface area contributed by atoms with E-state index in [4.69, 9.17) is 14.6 Å². The van der Waals surface area contributed by atoms with Crippen LogP contribution in [0.1, 0.15) is 12.0 Å². The SMILES string of the molecule is OC[C@@H](O)C[C@@H](CO)Cc1ccc2c(c1)OCO2. The number of fused-ring (bicyclic) bond motifs is 1. The predicted molar refractivity (Wildman–Crippen MR) is 64.6 cm³/mol. The fourth-order valence-corrected chi connectivity index (χ4v) is 2.08. The van der Waals surface area contributed by atoms with Gasteiger partial charge in [-0.2, -0.15) is 0 Å². The molecular weight excluding hydrogens is 236 g/mol. The van der Waals surface area contributed by atoms with Gasteiger partial charge in [-0.3, -0.25) is 0 Å². The van der Waals surface area contributed by atoms with Crippen molar-refractivity contribution in [1.29, 1.82) is 0 Å². The second-order valence-corrected chi connectivity index (χ2v) is 4.51. The first-order chi connectivity index (χ1) is 8.72. The molecule has 0 spiro atoms. The third kappa shape index (κ3) is 3.13. The molecule has 0 saturated carbocycles. The highest BCUT2D eigenvalue weighted by molar-refractivity contribution is 5.44. The number of aliphatic hydroxyl groups is 3. The average Bonchev–Trinajstić information content (AvgIpc) is 2.85. The highest BCUT2D eigenvalue weighted by Crippen LogP contribution is 2.33. The third-order valence-corrected chi connectivity index (χ3v) is 3.04. The minimum atomic E-state index is -0.781. The summed E-state index contributed by atoms with van der Waals surface area (Å²) >= 11 is 0. The molecule has 2 rings (SSSR count). The van der Waals surface area contributed by atoms with E-state index >= 15 is 0 Å². The number of hydrogen-bond donors (Lipinski definition) is 3. The number of rotatable bonds is 6. The van der Waals surface area contributed by atoms with E-state index in [2.05, 4.69) is 0 Å². The van der Waals surface area contributed by atoms with E-state index in [1.807, 2.05) is 18.2 Å². The highest BCUT2D eigenvalue weighted by Gasteiger charge is 2.17. The van der Waals surface area contributed by atoms with Crippen LogP contribution in [-0.4, -0.2) is 41.4 Å². The molecule has 5 heteroatoms. The number of hydrogen-bond acceptors (Lipinski definition) is 5. The molecule has 100 valence electrons. The van der Waals surface area contributed by atoms with Crippen molar-refractivity contribution in [1.82, 2.24) is 0 Å². The Balaban J connectivity index is 1.98. The molecule has 0 fully saturated rings. The van der Waals surface area contributed by atoms with Crippen LogP contribution in [0.3, 0.4) is 0 Å². The maximum absolute atomic E-state index is 9.39. The zero-order valence-electron chi connectivity index (χ0n) is 10.1. The molecule has 1 aromatic carbocycles. The monoisotopic (exact) mass is 254 g/mol. The van der Waals surface area contributed by atoms with E-state index in [-0.39, 0.29) is 25.9 Å². The van der Waals surface area contributed by atoms with E-state index in [0.717, 1.165) is 11.3 Å². The first-order valence-corrected chi connectivity index (χ1v) is 6.01. The van der Waals surface area contributed by atoms with Crippen LogP contribution in [0.25, 0.3) is 0 Å². The van der Waals surface area contributed by atoms with E-state index in [1.54, 1.807) is 0 Å². The smallest absolute Gasteiger partial charge is 0.231 e. The Labute approximate surface area is 106 Å². The van der Waals surface area contributed by atoms with Crippen LogP contribution in [-0.2, 0) is 6.42 Å². The highest BCUT2D eigenvalue weighted by atomic mass is 16.7. The molecule has 0 saturated heterocycles. The fraction of sp³-hybridized carbons (Fsp3) is 0.538. The zero-order chi connectivity index (χ0) is 13.0. The van der Waals surface area contributed by atoms with E-state index in [9.17, 15) is 10.2 Å². The normalized spacial score (nSPS) is 16.6. The molecule has 0 bridgehead atoms. The van der Waals surface area contributed by atoms with Crippen molar-refractivity contribution in [2.45, 2.75) is 18.9 Å². The van der Waals surface area contributed by atoms with Gasteiger partial charge in [-0.15, -0.1) is 0 Å². The lowest BCUT2D eigenvalue weighted by molar-refractivity contribution is 0.0626. The quantitative estimate of drug-likeness (QED) is 0.681. The minimum Gasteiger partial charge on any atom is -0.454 e. The average molecular weight is 254 g/mol. The molecule has 18 heavy (non-hydrogen) atoms. The Hall–Kier alpha value is -1.30. The Bertz CT molecular complexity index is 393. The van der Waals surface area contributed by atoms with Crippen molar-refractivity contribution < 1.29 is 24.8 Å². The van der Waals surface area contributed by atoms with Gasteiger partial charge in [0, 0.05) is 6.61 Å². The van der Waals surface area contributed by atoms with Gasteiger partial charge >= 0.3 is 0 Å². The lowest BCUT2D eigenvalue weighted by Gasteiger charge is -2.17. The van der Waals surface area contributed by atoms with Gasteiger partial charge in [-0.1, -0.05) is 6.07 Å².